The first-order chi connectivity index (χ1) is 13.0. The van der Waals surface area contributed by atoms with Gasteiger partial charge in [0, 0.05) is 30.8 Å². The second kappa shape index (κ2) is 8.28. The molecule has 0 saturated carbocycles. The van der Waals surface area contributed by atoms with E-state index in [9.17, 15) is 19.7 Å². The Hall–Kier alpha value is -3.46. The second-order valence-corrected chi connectivity index (χ2v) is 6.41. The Balaban J connectivity index is 1.53. The number of furan rings is 1. The van der Waals surface area contributed by atoms with Gasteiger partial charge in [0.05, 0.1) is 9.80 Å². The van der Waals surface area contributed by atoms with E-state index in [0.717, 1.165) is 0 Å². The summed E-state index contributed by atoms with van der Waals surface area (Å²) in [6.07, 6.45) is 0. The van der Waals surface area contributed by atoms with Crippen LogP contribution in [-0.4, -0.2) is 29.8 Å². The van der Waals surface area contributed by atoms with Crippen LogP contribution in [0.5, 0.6) is 0 Å². The minimum atomic E-state index is -0.495. The SMILES string of the molecule is O=C(NCCNC(=O)c1cccs1)c1ccc(-c2cccc([N+](=O)[O-])c2)o1. The smallest absolute Gasteiger partial charge is 0.287 e. The zero-order valence-electron chi connectivity index (χ0n) is 14.0. The highest BCUT2D eigenvalue weighted by molar-refractivity contribution is 7.12. The van der Waals surface area contributed by atoms with Crippen LogP contribution < -0.4 is 10.6 Å². The largest absolute Gasteiger partial charge is 0.451 e. The van der Waals surface area contributed by atoms with Gasteiger partial charge < -0.3 is 15.1 Å². The van der Waals surface area contributed by atoms with Crippen LogP contribution in [0.25, 0.3) is 11.3 Å². The lowest BCUT2D eigenvalue weighted by atomic mass is 10.1. The summed E-state index contributed by atoms with van der Waals surface area (Å²) in [5.41, 5.74) is 0.447. The van der Waals surface area contributed by atoms with E-state index in [-0.39, 0.29) is 30.4 Å². The Labute approximate surface area is 158 Å². The molecule has 8 nitrogen and oxygen atoms in total. The molecule has 0 saturated heterocycles. The van der Waals surface area contributed by atoms with Crippen molar-refractivity contribution in [1.82, 2.24) is 10.6 Å². The molecule has 0 atom stereocenters. The average Bonchev–Trinajstić information content (AvgIpc) is 3.37. The summed E-state index contributed by atoms with van der Waals surface area (Å²) in [4.78, 5) is 34.8. The van der Waals surface area contributed by atoms with Crippen LogP contribution in [0.1, 0.15) is 20.2 Å². The van der Waals surface area contributed by atoms with Gasteiger partial charge in [-0.15, -0.1) is 11.3 Å². The van der Waals surface area contributed by atoms with Crippen LogP contribution in [0.15, 0.2) is 58.3 Å². The van der Waals surface area contributed by atoms with E-state index in [1.807, 2.05) is 5.38 Å². The van der Waals surface area contributed by atoms with Crippen LogP contribution in [0.3, 0.4) is 0 Å². The molecule has 1 aromatic carbocycles. The minimum absolute atomic E-state index is 0.0589. The lowest BCUT2D eigenvalue weighted by Gasteiger charge is -2.05. The van der Waals surface area contributed by atoms with Gasteiger partial charge in [-0.25, -0.2) is 0 Å². The van der Waals surface area contributed by atoms with E-state index in [1.54, 1.807) is 30.3 Å². The van der Waals surface area contributed by atoms with E-state index < -0.39 is 10.8 Å². The van der Waals surface area contributed by atoms with Crippen molar-refractivity contribution in [3.63, 3.8) is 0 Å². The predicted octanol–water partition coefficient (Wildman–Crippen LogP) is 3.08. The average molecular weight is 385 g/mol. The fraction of sp³-hybridized carbons (Fsp3) is 0.111. The molecule has 2 aromatic heterocycles. The predicted molar refractivity (Wildman–Crippen MR) is 99.8 cm³/mol. The number of non-ortho nitro benzene ring substituents is 1. The summed E-state index contributed by atoms with van der Waals surface area (Å²) in [6, 6.07) is 12.5. The van der Waals surface area contributed by atoms with Crippen molar-refractivity contribution in [3.8, 4) is 11.3 Å². The Morgan fingerprint density at radius 1 is 1.04 bits per heavy atom. The third kappa shape index (κ3) is 4.59. The zero-order chi connectivity index (χ0) is 19.2. The van der Waals surface area contributed by atoms with Gasteiger partial charge in [-0.2, -0.15) is 0 Å². The molecule has 3 aromatic rings. The van der Waals surface area contributed by atoms with Crippen LogP contribution >= 0.6 is 11.3 Å². The van der Waals surface area contributed by atoms with E-state index in [4.69, 9.17) is 4.42 Å². The monoisotopic (exact) mass is 385 g/mol. The van der Waals surface area contributed by atoms with Gasteiger partial charge in [-0.3, -0.25) is 19.7 Å². The molecule has 0 aliphatic heterocycles. The molecule has 0 fully saturated rings. The van der Waals surface area contributed by atoms with Crippen molar-refractivity contribution in [1.29, 1.82) is 0 Å². The van der Waals surface area contributed by atoms with Crippen molar-refractivity contribution in [2.75, 3.05) is 13.1 Å². The number of hydrogen-bond donors (Lipinski definition) is 2. The molecule has 0 unspecified atom stereocenters. The lowest BCUT2D eigenvalue weighted by molar-refractivity contribution is -0.384. The number of hydrogen-bond acceptors (Lipinski definition) is 6. The molecule has 3 rings (SSSR count). The quantitative estimate of drug-likeness (QED) is 0.368. The Morgan fingerprint density at radius 3 is 2.52 bits per heavy atom. The molecule has 0 radical (unpaired) electrons. The molecule has 2 heterocycles. The number of carbonyl (C=O) groups is 2. The second-order valence-electron chi connectivity index (χ2n) is 5.46. The van der Waals surface area contributed by atoms with Crippen LogP contribution in [0.2, 0.25) is 0 Å². The van der Waals surface area contributed by atoms with Gasteiger partial charge in [0.15, 0.2) is 5.76 Å². The van der Waals surface area contributed by atoms with E-state index in [0.29, 0.717) is 16.2 Å². The van der Waals surface area contributed by atoms with Gasteiger partial charge in [0.1, 0.15) is 5.76 Å². The van der Waals surface area contributed by atoms with Gasteiger partial charge in [0.2, 0.25) is 0 Å². The number of nitrogens with zero attached hydrogens (tertiary/aromatic N) is 1. The third-order valence-corrected chi connectivity index (χ3v) is 4.48. The van der Waals surface area contributed by atoms with Crippen molar-refractivity contribution in [2.45, 2.75) is 0 Å². The number of rotatable bonds is 7. The summed E-state index contributed by atoms with van der Waals surface area (Å²) >= 11 is 1.34. The van der Waals surface area contributed by atoms with Crippen molar-refractivity contribution >= 4 is 28.8 Å². The molecule has 0 aliphatic carbocycles. The first-order valence-electron chi connectivity index (χ1n) is 7.99. The van der Waals surface area contributed by atoms with Gasteiger partial charge in [-0.1, -0.05) is 18.2 Å². The maximum Gasteiger partial charge on any atom is 0.287 e. The van der Waals surface area contributed by atoms with Crippen molar-refractivity contribution < 1.29 is 18.9 Å². The van der Waals surface area contributed by atoms with Crippen LogP contribution in [-0.2, 0) is 0 Å². The van der Waals surface area contributed by atoms with Gasteiger partial charge >= 0.3 is 0 Å². The Morgan fingerprint density at radius 2 is 1.81 bits per heavy atom. The molecule has 2 N–H and O–H groups in total. The topological polar surface area (TPSA) is 114 Å². The molecule has 2 amide bonds. The molecule has 0 aliphatic rings. The first kappa shape index (κ1) is 18.3. The number of thiophene rings is 1. The molecular weight excluding hydrogens is 370 g/mol. The number of nitro benzene ring substituents is 1. The highest BCUT2D eigenvalue weighted by atomic mass is 32.1. The molecule has 27 heavy (non-hydrogen) atoms. The van der Waals surface area contributed by atoms with E-state index in [2.05, 4.69) is 10.6 Å². The molecule has 0 bridgehead atoms. The first-order valence-corrected chi connectivity index (χ1v) is 8.87. The number of amides is 2. The zero-order valence-corrected chi connectivity index (χ0v) is 14.8. The number of nitro groups is 1. The molecule has 0 spiro atoms. The summed E-state index contributed by atoms with van der Waals surface area (Å²) in [6.45, 7) is 0.518. The van der Waals surface area contributed by atoms with E-state index >= 15 is 0 Å². The standard InChI is InChI=1S/C18H15N3O5S/c22-17(19-8-9-20-18(23)16-5-2-10-27-16)15-7-6-14(26-15)12-3-1-4-13(11-12)21(24)25/h1-7,10-11H,8-9H2,(H,19,22)(H,20,23). The van der Waals surface area contributed by atoms with Gasteiger partial charge in [0.25, 0.3) is 17.5 Å². The Kier molecular flexibility index (Phi) is 5.62. The third-order valence-electron chi connectivity index (χ3n) is 3.61. The maximum atomic E-state index is 12.1. The normalized spacial score (nSPS) is 10.4. The van der Waals surface area contributed by atoms with Gasteiger partial charge in [-0.05, 0) is 23.6 Å². The summed E-state index contributed by atoms with van der Waals surface area (Å²) < 4.78 is 5.48. The number of carbonyl (C=O) groups excluding carboxylic acids is 2. The molecular formula is C18H15N3O5S. The summed E-state index contributed by atoms with van der Waals surface area (Å²) in [5.74, 6) is -0.182. The fourth-order valence-corrected chi connectivity index (χ4v) is 2.96. The summed E-state index contributed by atoms with van der Waals surface area (Å²) in [7, 11) is 0. The fourth-order valence-electron chi connectivity index (χ4n) is 2.32. The molecule has 9 heteroatoms. The van der Waals surface area contributed by atoms with Crippen molar-refractivity contribution in [3.05, 3.63) is 74.7 Å². The molecule has 138 valence electrons. The maximum absolute atomic E-state index is 12.1. The lowest BCUT2D eigenvalue weighted by Crippen LogP contribution is -2.34. The highest BCUT2D eigenvalue weighted by Crippen LogP contribution is 2.25. The van der Waals surface area contributed by atoms with Crippen LogP contribution in [0, 0.1) is 10.1 Å². The van der Waals surface area contributed by atoms with E-state index in [1.165, 1.54) is 29.5 Å². The Bertz CT molecular complexity index is 965. The highest BCUT2D eigenvalue weighted by Gasteiger charge is 2.14. The van der Waals surface area contributed by atoms with Crippen molar-refractivity contribution in [2.24, 2.45) is 0 Å². The summed E-state index contributed by atoms with van der Waals surface area (Å²) in [5, 5.41) is 18.0. The number of nitrogens with one attached hydrogen (secondary N) is 2. The van der Waals surface area contributed by atoms with Crippen LogP contribution in [0.4, 0.5) is 5.69 Å². The number of benzene rings is 1. The minimum Gasteiger partial charge on any atom is -0.451 e.